The molecule has 1 aromatic carbocycles. The van der Waals surface area contributed by atoms with Crippen molar-refractivity contribution in [2.75, 3.05) is 0 Å². The van der Waals surface area contributed by atoms with Crippen LogP contribution in [0.4, 0.5) is 0 Å². The Bertz CT molecular complexity index is 1250. The van der Waals surface area contributed by atoms with Gasteiger partial charge in [0.15, 0.2) is 0 Å². The van der Waals surface area contributed by atoms with Crippen LogP contribution in [0.15, 0.2) is 71.3 Å². The van der Waals surface area contributed by atoms with E-state index in [-0.39, 0.29) is 5.56 Å². The Hall–Kier alpha value is -3.18. The lowest BCUT2D eigenvalue weighted by atomic mass is 9.91. The molecule has 1 fully saturated rings. The molecule has 5 nitrogen and oxygen atoms in total. The molecule has 1 aliphatic carbocycles. The molecule has 0 saturated carbocycles. The summed E-state index contributed by atoms with van der Waals surface area (Å²) in [5.41, 5.74) is 7.48. The van der Waals surface area contributed by atoms with Gasteiger partial charge in [-0.05, 0) is 66.3 Å². The highest BCUT2D eigenvalue weighted by atomic mass is 16.5. The number of hydrogen-bond acceptors (Lipinski definition) is 4. The maximum Gasteiger partial charge on any atom is 0.258 e. The van der Waals surface area contributed by atoms with Gasteiger partial charge in [-0.1, -0.05) is 24.6 Å². The Balaban J connectivity index is 1.27. The van der Waals surface area contributed by atoms with Crippen LogP contribution >= 0.6 is 0 Å². The largest absolute Gasteiger partial charge is 0.487 e. The minimum Gasteiger partial charge on any atom is -0.487 e. The number of aromatic nitrogens is 2. The second-order valence-corrected chi connectivity index (χ2v) is 8.81. The second kappa shape index (κ2) is 7.20. The van der Waals surface area contributed by atoms with Crippen molar-refractivity contribution >= 4 is 5.57 Å². The molecule has 6 rings (SSSR count). The van der Waals surface area contributed by atoms with Crippen LogP contribution in [0.25, 0.3) is 11.3 Å². The minimum absolute atomic E-state index is 0.0948. The van der Waals surface area contributed by atoms with E-state index in [1.54, 1.807) is 28.6 Å². The summed E-state index contributed by atoms with van der Waals surface area (Å²) in [6, 6.07) is 16.7. The number of pyridine rings is 2. The van der Waals surface area contributed by atoms with Crippen LogP contribution in [0.1, 0.15) is 48.9 Å². The zero-order valence-electron chi connectivity index (χ0n) is 17.5. The number of rotatable bonds is 4. The first-order chi connectivity index (χ1) is 15.2. The van der Waals surface area contributed by atoms with Gasteiger partial charge in [-0.2, -0.15) is 0 Å². The van der Waals surface area contributed by atoms with Crippen molar-refractivity contribution in [2.24, 2.45) is 0 Å². The van der Waals surface area contributed by atoms with E-state index in [0.29, 0.717) is 30.4 Å². The van der Waals surface area contributed by atoms with Gasteiger partial charge in [0.2, 0.25) is 0 Å². The Morgan fingerprint density at radius 2 is 2.10 bits per heavy atom. The van der Waals surface area contributed by atoms with Crippen LogP contribution in [-0.2, 0) is 6.61 Å². The molecule has 0 spiro atoms. The number of hydrogen-bond donors (Lipinski definition) is 1. The van der Waals surface area contributed by atoms with Crippen molar-refractivity contribution in [2.45, 2.75) is 50.8 Å². The normalized spacial score (nSPS) is 23.6. The molecular weight excluding hydrogens is 386 g/mol. The van der Waals surface area contributed by atoms with Crippen molar-refractivity contribution < 1.29 is 4.74 Å². The van der Waals surface area contributed by atoms with E-state index in [9.17, 15) is 4.79 Å². The summed E-state index contributed by atoms with van der Waals surface area (Å²) in [6.45, 7) is 2.65. The highest BCUT2D eigenvalue weighted by molar-refractivity contribution is 5.83. The molecule has 1 N–H and O–H groups in total. The second-order valence-electron chi connectivity index (χ2n) is 8.81. The van der Waals surface area contributed by atoms with Gasteiger partial charge in [-0.25, -0.2) is 0 Å². The van der Waals surface area contributed by atoms with Crippen LogP contribution in [0.3, 0.4) is 0 Å². The Morgan fingerprint density at radius 3 is 2.94 bits per heavy atom. The third-order valence-electron chi connectivity index (χ3n) is 7.00. The molecule has 2 bridgehead atoms. The van der Waals surface area contributed by atoms with Gasteiger partial charge in [0.25, 0.3) is 5.56 Å². The molecule has 3 aromatic rings. The summed E-state index contributed by atoms with van der Waals surface area (Å²) >= 11 is 0. The fourth-order valence-electron chi connectivity index (χ4n) is 5.47. The third-order valence-corrected chi connectivity index (χ3v) is 7.00. The lowest BCUT2D eigenvalue weighted by Crippen LogP contribution is -2.34. The molecule has 31 heavy (non-hydrogen) atoms. The fourth-order valence-corrected chi connectivity index (χ4v) is 5.47. The lowest BCUT2D eigenvalue weighted by Gasteiger charge is -2.25. The van der Waals surface area contributed by atoms with Crippen LogP contribution in [0, 0.1) is 0 Å². The number of nitrogens with zero attached hydrogens (tertiary/aromatic N) is 2. The van der Waals surface area contributed by atoms with Crippen LogP contribution in [0.2, 0.25) is 0 Å². The quantitative estimate of drug-likeness (QED) is 0.699. The van der Waals surface area contributed by atoms with Crippen molar-refractivity contribution in [1.29, 1.82) is 0 Å². The summed E-state index contributed by atoms with van der Waals surface area (Å²) in [5.74, 6) is 0.979. The van der Waals surface area contributed by atoms with Gasteiger partial charge in [-0.3, -0.25) is 14.3 Å². The molecule has 0 radical (unpaired) electrons. The monoisotopic (exact) mass is 411 g/mol. The van der Waals surface area contributed by atoms with Gasteiger partial charge in [0.1, 0.15) is 12.4 Å². The standard InChI is InChI=1S/C26H25N3O2/c1-16-22-13-19(6-7-21(22)26-23(16)12-17-5-8-24(26)28-17)29-11-9-20(14-25(29)30)31-15-18-4-2-3-10-27-18/h2-4,6-7,9-11,13-14,16-17,24,28H,5,8,12,15H2,1H3. The summed E-state index contributed by atoms with van der Waals surface area (Å²) in [5, 5.41) is 3.78. The van der Waals surface area contributed by atoms with Gasteiger partial charge >= 0.3 is 0 Å². The Morgan fingerprint density at radius 1 is 1.16 bits per heavy atom. The smallest absolute Gasteiger partial charge is 0.258 e. The average molecular weight is 412 g/mol. The topological polar surface area (TPSA) is 56.2 Å². The number of ether oxygens (including phenoxy) is 1. The van der Waals surface area contributed by atoms with Crippen LogP contribution < -0.4 is 15.6 Å². The minimum atomic E-state index is -0.0948. The molecule has 3 unspecified atom stereocenters. The molecule has 3 atom stereocenters. The van der Waals surface area contributed by atoms with Crippen molar-refractivity contribution in [1.82, 2.24) is 14.9 Å². The molecule has 2 aromatic heterocycles. The highest BCUT2D eigenvalue weighted by Crippen LogP contribution is 2.50. The maximum atomic E-state index is 12.8. The summed E-state index contributed by atoms with van der Waals surface area (Å²) in [4.78, 5) is 17.1. The zero-order chi connectivity index (χ0) is 20.9. The van der Waals surface area contributed by atoms with Crippen LogP contribution in [-0.4, -0.2) is 21.6 Å². The highest BCUT2D eigenvalue weighted by Gasteiger charge is 2.41. The van der Waals surface area contributed by atoms with Crippen molar-refractivity contribution in [3.8, 4) is 11.4 Å². The molecule has 2 aliphatic heterocycles. The van der Waals surface area contributed by atoms with E-state index < -0.39 is 0 Å². The third kappa shape index (κ3) is 3.12. The first kappa shape index (κ1) is 18.6. The molecule has 4 heterocycles. The van der Waals surface area contributed by atoms with Gasteiger partial charge < -0.3 is 10.1 Å². The van der Waals surface area contributed by atoms with Crippen molar-refractivity contribution in [3.05, 3.63) is 93.7 Å². The van der Waals surface area contributed by atoms with E-state index in [0.717, 1.165) is 17.8 Å². The SMILES string of the molecule is CC1C2=C(c3ccc(-n4ccc(OCc5ccccn5)cc4=O)cc31)C1CCC(C2)N1. The molecular formula is C26H25N3O2. The fraction of sp³-hybridized carbons (Fsp3) is 0.308. The maximum absolute atomic E-state index is 12.8. The number of fused-ring (bicyclic) bond motifs is 5. The number of nitrogens with one attached hydrogen (secondary N) is 1. The van der Waals surface area contributed by atoms with Gasteiger partial charge in [0.05, 0.1) is 5.69 Å². The summed E-state index contributed by atoms with van der Waals surface area (Å²) in [7, 11) is 0. The summed E-state index contributed by atoms with van der Waals surface area (Å²) in [6.07, 6.45) is 7.20. The first-order valence-electron chi connectivity index (χ1n) is 11.1. The van der Waals surface area contributed by atoms with Crippen molar-refractivity contribution in [3.63, 3.8) is 0 Å². The molecule has 3 aliphatic rings. The average Bonchev–Trinajstić information content (AvgIpc) is 3.31. The molecule has 5 heteroatoms. The van der Waals surface area contributed by atoms with E-state index >= 15 is 0 Å². The molecule has 156 valence electrons. The Kier molecular flexibility index (Phi) is 4.32. The lowest BCUT2D eigenvalue weighted by molar-refractivity contribution is 0.300. The van der Waals surface area contributed by atoms with E-state index in [1.807, 2.05) is 24.3 Å². The zero-order valence-corrected chi connectivity index (χ0v) is 17.5. The predicted octanol–water partition coefficient (Wildman–Crippen LogP) is 4.21. The van der Waals surface area contributed by atoms with Gasteiger partial charge in [0, 0.05) is 42.1 Å². The Labute approximate surface area is 181 Å². The predicted molar refractivity (Wildman–Crippen MR) is 121 cm³/mol. The summed E-state index contributed by atoms with van der Waals surface area (Å²) < 4.78 is 7.45. The number of benzene rings is 1. The van der Waals surface area contributed by atoms with Gasteiger partial charge in [-0.15, -0.1) is 0 Å². The first-order valence-corrected chi connectivity index (χ1v) is 11.1. The van der Waals surface area contributed by atoms with E-state index in [4.69, 9.17) is 4.74 Å². The molecule has 0 amide bonds. The van der Waals surface area contributed by atoms with E-state index in [1.165, 1.54) is 29.5 Å². The van der Waals surface area contributed by atoms with Crippen LogP contribution in [0.5, 0.6) is 5.75 Å². The van der Waals surface area contributed by atoms with E-state index in [2.05, 4.69) is 35.4 Å². The molecule has 1 saturated heterocycles.